The highest BCUT2D eigenvalue weighted by atomic mass is 15.2. The van der Waals surface area contributed by atoms with Crippen molar-refractivity contribution in [2.75, 3.05) is 13.6 Å². The zero-order valence-electron chi connectivity index (χ0n) is 11.8. The molecule has 4 nitrogen and oxygen atoms in total. The molecule has 17 heavy (non-hydrogen) atoms. The predicted octanol–water partition coefficient (Wildman–Crippen LogP) is 1.63. The Bertz CT molecular complexity index is 321. The highest BCUT2D eigenvalue weighted by molar-refractivity contribution is 5.03. The lowest BCUT2D eigenvalue weighted by molar-refractivity contribution is 0.206. The highest BCUT2D eigenvalue weighted by Gasteiger charge is 2.16. The number of aromatic nitrogens is 2. The summed E-state index contributed by atoms with van der Waals surface area (Å²) in [4.78, 5) is 2.37. The summed E-state index contributed by atoms with van der Waals surface area (Å²) in [6.07, 6.45) is 5.20. The second-order valence-electron chi connectivity index (χ2n) is 4.92. The lowest BCUT2D eigenvalue weighted by Gasteiger charge is -2.30. The average molecular weight is 238 g/mol. The monoisotopic (exact) mass is 238 g/mol. The number of aryl methyl sites for hydroxylation is 1. The van der Waals surface area contributed by atoms with Gasteiger partial charge in [0, 0.05) is 37.4 Å². The molecule has 0 saturated heterocycles. The Morgan fingerprint density at radius 1 is 1.47 bits per heavy atom. The SMILES string of the molecule is CCCNC(C)C(C)N(C)Cc1cnn(C)c1. The van der Waals surface area contributed by atoms with Crippen molar-refractivity contribution >= 4 is 0 Å². The number of hydrogen-bond acceptors (Lipinski definition) is 3. The van der Waals surface area contributed by atoms with Crippen molar-refractivity contribution in [3.05, 3.63) is 18.0 Å². The van der Waals surface area contributed by atoms with Crippen molar-refractivity contribution in [3.63, 3.8) is 0 Å². The molecule has 0 bridgehead atoms. The molecule has 0 aliphatic carbocycles. The van der Waals surface area contributed by atoms with Gasteiger partial charge >= 0.3 is 0 Å². The number of nitrogens with zero attached hydrogens (tertiary/aromatic N) is 3. The Balaban J connectivity index is 2.43. The highest BCUT2D eigenvalue weighted by Crippen LogP contribution is 2.08. The summed E-state index contributed by atoms with van der Waals surface area (Å²) in [5.41, 5.74) is 1.27. The van der Waals surface area contributed by atoms with E-state index in [1.54, 1.807) is 0 Å². The molecule has 0 saturated carbocycles. The molecule has 0 aliphatic rings. The quantitative estimate of drug-likeness (QED) is 0.784. The fourth-order valence-electron chi connectivity index (χ4n) is 1.91. The molecule has 0 fully saturated rings. The average Bonchev–Trinajstić information content (AvgIpc) is 2.70. The topological polar surface area (TPSA) is 33.1 Å². The van der Waals surface area contributed by atoms with Gasteiger partial charge in [0.1, 0.15) is 0 Å². The number of nitrogens with one attached hydrogen (secondary N) is 1. The van der Waals surface area contributed by atoms with Crippen molar-refractivity contribution < 1.29 is 0 Å². The molecular weight excluding hydrogens is 212 g/mol. The Hall–Kier alpha value is -0.870. The van der Waals surface area contributed by atoms with Crippen LogP contribution in [0.5, 0.6) is 0 Å². The summed E-state index contributed by atoms with van der Waals surface area (Å²) in [6, 6.07) is 1.03. The minimum Gasteiger partial charge on any atom is -0.313 e. The van der Waals surface area contributed by atoms with Crippen LogP contribution in [0, 0.1) is 0 Å². The van der Waals surface area contributed by atoms with Crippen LogP contribution in [0.4, 0.5) is 0 Å². The number of hydrogen-bond donors (Lipinski definition) is 1. The summed E-state index contributed by atoms with van der Waals surface area (Å²) in [6.45, 7) is 8.76. The molecule has 0 amide bonds. The minimum absolute atomic E-state index is 0.511. The van der Waals surface area contributed by atoms with Gasteiger partial charge in [-0.3, -0.25) is 9.58 Å². The van der Waals surface area contributed by atoms with E-state index in [0.717, 1.165) is 13.1 Å². The van der Waals surface area contributed by atoms with Gasteiger partial charge in [-0.25, -0.2) is 0 Å². The van der Waals surface area contributed by atoms with E-state index in [1.807, 2.05) is 17.9 Å². The van der Waals surface area contributed by atoms with Gasteiger partial charge in [-0.05, 0) is 33.9 Å². The second kappa shape index (κ2) is 6.77. The molecule has 1 aromatic rings. The number of rotatable bonds is 7. The molecule has 1 N–H and O–H groups in total. The van der Waals surface area contributed by atoms with Crippen molar-refractivity contribution in [2.45, 2.75) is 45.8 Å². The summed E-state index contributed by atoms with van der Waals surface area (Å²) < 4.78 is 1.85. The zero-order valence-corrected chi connectivity index (χ0v) is 11.8. The van der Waals surface area contributed by atoms with Crippen LogP contribution in [-0.2, 0) is 13.6 Å². The maximum absolute atomic E-state index is 4.20. The van der Waals surface area contributed by atoms with Gasteiger partial charge in [-0.15, -0.1) is 0 Å². The van der Waals surface area contributed by atoms with Crippen LogP contribution in [0.3, 0.4) is 0 Å². The van der Waals surface area contributed by atoms with Crippen LogP contribution in [0.15, 0.2) is 12.4 Å². The summed E-state index contributed by atoms with van der Waals surface area (Å²) in [5, 5.41) is 7.74. The van der Waals surface area contributed by atoms with Crippen LogP contribution in [-0.4, -0.2) is 40.4 Å². The maximum Gasteiger partial charge on any atom is 0.0534 e. The Kier molecular flexibility index (Phi) is 5.65. The molecule has 1 rings (SSSR count). The lowest BCUT2D eigenvalue weighted by atomic mass is 10.1. The van der Waals surface area contributed by atoms with Crippen LogP contribution in [0.1, 0.15) is 32.8 Å². The normalized spacial score (nSPS) is 15.2. The lowest BCUT2D eigenvalue weighted by Crippen LogP contribution is -2.45. The Labute approximate surface area is 105 Å². The van der Waals surface area contributed by atoms with Gasteiger partial charge in [0.25, 0.3) is 0 Å². The fraction of sp³-hybridized carbons (Fsp3) is 0.769. The minimum atomic E-state index is 0.511. The van der Waals surface area contributed by atoms with E-state index in [1.165, 1.54) is 12.0 Å². The van der Waals surface area contributed by atoms with E-state index in [-0.39, 0.29) is 0 Å². The fourth-order valence-corrected chi connectivity index (χ4v) is 1.91. The van der Waals surface area contributed by atoms with Gasteiger partial charge in [0.2, 0.25) is 0 Å². The third-order valence-corrected chi connectivity index (χ3v) is 3.33. The van der Waals surface area contributed by atoms with E-state index >= 15 is 0 Å². The summed E-state index contributed by atoms with van der Waals surface area (Å²) in [7, 11) is 4.13. The Morgan fingerprint density at radius 3 is 2.71 bits per heavy atom. The standard InChI is InChI=1S/C13H26N4/c1-6-7-14-11(2)12(3)16(4)9-13-8-15-17(5)10-13/h8,10-12,14H,6-7,9H2,1-5H3. The molecule has 1 heterocycles. The summed E-state index contributed by atoms with van der Waals surface area (Å²) in [5.74, 6) is 0. The third kappa shape index (κ3) is 4.48. The first-order valence-electron chi connectivity index (χ1n) is 6.45. The predicted molar refractivity (Wildman–Crippen MR) is 71.9 cm³/mol. The van der Waals surface area contributed by atoms with Crippen LogP contribution < -0.4 is 5.32 Å². The van der Waals surface area contributed by atoms with Gasteiger partial charge in [0.15, 0.2) is 0 Å². The molecule has 2 atom stereocenters. The molecule has 0 aromatic carbocycles. The second-order valence-corrected chi connectivity index (χ2v) is 4.92. The van der Waals surface area contributed by atoms with Crippen LogP contribution in [0.2, 0.25) is 0 Å². The van der Waals surface area contributed by atoms with E-state index in [0.29, 0.717) is 12.1 Å². The molecule has 0 aliphatic heterocycles. The third-order valence-electron chi connectivity index (χ3n) is 3.33. The summed E-state index contributed by atoms with van der Waals surface area (Å²) >= 11 is 0. The van der Waals surface area contributed by atoms with E-state index in [2.05, 4.69) is 49.3 Å². The molecule has 0 radical (unpaired) electrons. The van der Waals surface area contributed by atoms with Crippen LogP contribution >= 0.6 is 0 Å². The molecule has 0 spiro atoms. The smallest absolute Gasteiger partial charge is 0.0534 e. The number of likely N-dealkylation sites (N-methyl/N-ethyl adjacent to an activating group) is 1. The van der Waals surface area contributed by atoms with E-state index in [4.69, 9.17) is 0 Å². The van der Waals surface area contributed by atoms with Crippen LogP contribution in [0.25, 0.3) is 0 Å². The van der Waals surface area contributed by atoms with Gasteiger partial charge < -0.3 is 5.32 Å². The largest absolute Gasteiger partial charge is 0.313 e. The van der Waals surface area contributed by atoms with Gasteiger partial charge in [0.05, 0.1) is 6.20 Å². The van der Waals surface area contributed by atoms with E-state index < -0.39 is 0 Å². The molecular formula is C13H26N4. The molecule has 1 aromatic heterocycles. The first kappa shape index (κ1) is 14.2. The van der Waals surface area contributed by atoms with Gasteiger partial charge in [-0.1, -0.05) is 6.92 Å². The van der Waals surface area contributed by atoms with Crippen molar-refractivity contribution in [1.82, 2.24) is 20.0 Å². The van der Waals surface area contributed by atoms with E-state index in [9.17, 15) is 0 Å². The molecule has 2 unspecified atom stereocenters. The van der Waals surface area contributed by atoms with Crippen molar-refractivity contribution in [2.24, 2.45) is 7.05 Å². The first-order valence-corrected chi connectivity index (χ1v) is 6.45. The van der Waals surface area contributed by atoms with Crippen molar-refractivity contribution in [3.8, 4) is 0 Å². The Morgan fingerprint density at radius 2 is 2.18 bits per heavy atom. The first-order chi connectivity index (χ1) is 8.04. The maximum atomic E-state index is 4.20. The van der Waals surface area contributed by atoms with Gasteiger partial charge in [-0.2, -0.15) is 5.10 Å². The molecule has 4 heteroatoms. The van der Waals surface area contributed by atoms with Crippen molar-refractivity contribution in [1.29, 1.82) is 0 Å². The zero-order chi connectivity index (χ0) is 12.8. The molecule has 98 valence electrons.